The van der Waals surface area contributed by atoms with E-state index in [0.29, 0.717) is 11.6 Å². The lowest BCUT2D eigenvalue weighted by Crippen LogP contribution is -2.00. The second kappa shape index (κ2) is 5.71. The van der Waals surface area contributed by atoms with Gasteiger partial charge < -0.3 is 0 Å². The number of benzene rings is 1. The van der Waals surface area contributed by atoms with Crippen LogP contribution in [0.4, 0.5) is 5.69 Å². The molecule has 0 aliphatic carbocycles. The molecule has 1 aromatic carbocycles. The first-order valence-electron chi connectivity index (χ1n) is 6.66. The Bertz CT molecular complexity index is 585. The maximum Gasteiger partial charge on any atom is 0.187 e. The normalized spacial score (nSPS) is 10.7. The molecular formula is C16H19N3. The number of hydrogen-bond donors (Lipinski definition) is 0. The van der Waals surface area contributed by atoms with Gasteiger partial charge in [0.2, 0.25) is 0 Å². The lowest BCUT2D eigenvalue weighted by molar-refractivity contribution is 0.673. The molecule has 3 nitrogen and oxygen atoms in total. The van der Waals surface area contributed by atoms with Gasteiger partial charge in [-0.05, 0) is 23.5 Å². The molecular weight excluding hydrogens is 234 g/mol. The molecule has 0 unspecified atom stereocenters. The lowest BCUT2D eigenvalue weighted by Gasteiger charge is -2.02. The largest absolute Gasteiger partial charge is 0.268 e. The number of aromatic nitrogens is 2. The molecule has 0 fully saturated rings. The monoisotopic (exact) mass is 253 g/mol. The maximum atomic E-state index is 6.95. The summed E-state index contributed by atoms with van der Waals surface area (Å²) < 4.78 is 2.00. The van der Waals surface area contributed by atoms with Gasteiger partial charge in [-0.3, -0.25) is 4.68 Å². The summed E-state index contributed by atoms with van der Waals surface area (Å²) in [6, 6.07) is 7.71. The van der Waals surface area contributed by atoms with Crippen molar-refractivity contribution in [3.63, 3.8) is 0 Å². The highest BCUT2D eigenvalue weighted by Gasteiger charge is 2.10. The molecule has 0 saturated carbocycles. The van der Waals surface area contributed by atoms with Gasteiger partial charge in [0.15, 0.2) is 5.69 Å². The van der Waals surface area contributed by atoms with Gasteiger partial charge in [-0.25, -0.2) is 4.85 Å². The van der Waals surface area contributed by atoms with E-state index in [0.717, 1.165) is 13.0 Å². The smallest absolute Gasteiger partial charge is 0.187 e. The van der Waals surface area contributed by atoms with Gasteiger partial charge in [-0.15, -0.1) is 0 Å². The fourth-order valence-electron chi connectivity index (χ4n) is 2.18. The summed E-state index contributed by atoms with van der Waals surface area (Å²) in [6.45, 7) is 14.2. The zero-order valence-electron chi connectivity index (χ0n) is 11.7. The van der Waals surface area contributed by atoms with Gasteiger partial charge in [0, 0.05) is 6.20 Å². The fraction of sp³-hybridized carbons (Fsp3) is 0.375. The van der Waals surface area contributed by atoms with Crippen molar-refractivity contribution in [1.82, 2.24) is 9.78 Å². The Morgan fingerprint density at radius 2 is 1.95 bits per heavy atom. The van der Waals surface area contributed by atoms with Crippen LogP contribution in [0.15, 0.2) is 30.5 Å². The van der Waals surface area contributed by atoms with E-state index < -0.39 is 0 Å². The van der Waals surface area contributed by atoms with E-state index in [1.807, 2.05) is 28.9 Å². The van der Waals surface area contributed by atoms with E-state index >= 15 is 0 Å². The second-order valence-electron chi connectivity index (χ2n) is 5.02. The van der Waals surface area contributed by atoms with Crippen molar-refractivity contribution >= 4 is 5.69 Å². The third kappa shape index (κ3) is 3.03. The minimum absolute atomic E-state index is 0.508. The van der Waals surface area contributed by atoms with Crippen LogP contribution >= 0.6 is 0 Å². The van der Waals surface area contributed by atoms with Crippen LogP contribution in [0.2, 0.25) is 0 Å². The summed E-state index contributed by atoms with van der Waals surface area (Å²) in [5.41, 5.74) is 4.38. The Morgan fingerprint density at radius 1 is 1.26 bits per heavy atom. The summed E-state index contributed by atoms with van der Waals surface area (Å²) >= 11 is 0. The van der Waals surface area contributed by atoms with Crippen LogP contribution in [0.3, 0.4) is 0 Å². The first-order chi connectivity index (χ1) is 9.13. The van der Waals surface area contributed by atoms with Crippen LogP contribution in [0.1, 0.15) is 43.5 Å². The van der Waals surface area contributed by atoms with Crippen molar-refractivity contribution in [2.24, 2.45) is 0 Å². The Morgan fingerprint density at radius 3 is 2.42 bits per heavy atom. The molecule has 0 amide bonds. The van der Waals surface area contributed by atoms with Crippen molar-refractivity contribution in [1.29, 1.82) is 0 Å². The number of aryl methyl sites for hydroxylation is 1. The molecule has 0 radical (unpaired) electrons. The molecule has 0 spiro atoms. The molecule has 0 saturated heterocycles. The van der Waals surface area contributed by atoms with Gasteiger partial charge in [-0.1, -0.05) is 45.0 Å². The third-order valence-corrected chi connectivity index (χ3v) is 3.24. The summed E-state index contributed by atoms with van der Waals surface area (Å²) in [5, 5.41) is 4.64. The van der Waals surface area contributed by atoms with E-state index in [1.54, 1.807) is 0 Å². The van der Waals surface area contributed by atoms with Crippen LogP contribution in [0, 0.1) is 6.57 Å². The minimum atomic E-state index is 0.508. The average molecular weight is 253 g/mol. The SMILES string of the molecule is [C-]#[N+]c1ccc(Cn2cc(C(C)C)c(CC)n2)cc1. The van der Waals surface area contributed by atoms with Gasteiger partial charge >= 0.3 is 0 Å². The van der Waals surface area contributed by atoms with E-state index in [-0.39, 0.29) is 0 Å². The van der Waals surface area contributed by atoms with Crippen molar-refractivity contribution < 1.29 is 0 Å². The van der Waals surface area contributed by atoms with Crippen molar-refractivity contribution in [2.75, 3.05) is 0 Å². The Labute approximate surface area is 114 Å². The van der Waals surface area contributed by atoms with Crippen LogP contribution in [-0.2, 0) is 13.0 Å². The van der Waals surface area contributed by atoms with Crippen molar-refractivity contribution in [3.8, 4) is 0 Å². The van der Waals surface area contributed by atoms with Crippen molar-refractivity contribution in [3.05, 3.63) is 58.7 Å². The Balaban J connectivity index is 2.21. The van der Waals surface area contributed by atoms with Gasteiger partial charge in [0.05, 0.1) is 18.8 Å². The van der Waals surface area contributed by atoms with Crippen LogP contribution in [-0.4, -0.2) is 9.78 Å². The maximum absolute atomic E-state index is 6.95. The molecule has 0 bridgehead atoms. The van der Waals surface area contributed by atoms with Crippen molar-refractivity contribution in [2.45, 2.75) is 39.7 Å². The lowest BCUT2D eigenvalue weighted by atomic mass is 10.0. The number of nitrogens with zero attached hydrogens (tertiary/aromatic N) is 3. The third-order valence-electron chi connectivity index (χ3n) is 3.24. The topological polar surface area (TPSA) is 22.2 Å². The van der Waals surface area contributed by atoms with E-state index in [9.17, 15) is 0 Å². The molecule has 1 heterocycles. The summed E-state index contributed by atoms with van der Waals surface area (Å²) in [7, 11) is 0. The number of hydrogen-bond acceptors (Lipinski definition) is 1. The van der Waals surface area contributed by atoms with E-state index in [4.69, 9.17) is 6.57 Å². The average Bonchev–Trinajstić information content (AvgIpc) is 2.83. The van der Waals surface area contributed by atoms with Gasteiger partial charge in [0.25, 0.3) is 0 Å². The molecule has 3 heteroatoms. The first-order valence-corrected chi connectivity index (χ1v) is 6.66. The highest BCUT2D eigenvalue weighted by molar-refractivity contribution is 5.45. The van der Waals surface area contributed by atoms with Crippen LogP contribution < -0.4 is 0 Å². The first kappa shape index (κ1) is 13.4. The molecule has 2 aromatic rings. The van der Waals surface area contributed by atoms with Gasteiger partial charge in [0.1, 0.15) is 0 Å². The van der Waals surface area contributed by atoms with Crippen LogP contribution in [0.5, 0.6) is 0 Å². The minimum Gasteiger partial charge on any atom is -0.268 e. The molecule has 2 rings (SSSR count). The molecule has 98 valence electrons. The predicted molar refractivity (Wildman–Crippen MR) is 77.5 cm³/mol. The Kier molecular flexibility index (Phi) is 4.01. The molecule has 19 heavy (non-hydrogen) atoms. The zero-order valence-corrected chi connectivity index (χ0v) is 11.7. The van der Waals surface area contributed by atoms with E-state index in [1.165, 1.54) is 16.8 Å². The zero-order chi connectivity index (χ0) is 13.8. The van der Waals surface area contributed by atoms with Crippen LogP contribution in [0.25, 0.3) is 4.85 Å². The molecule has 0 aliphatic heterocycles. The van der Waals surface area contributed by atoms with E-state index in [2.05, 4.69) is 36.9 Å². The molecule has 0 N–H and O–H groups in total. The quantitative estimate of drug-likeness (QED) is 0.750. The molecule has 1 aromatic heterocycles. The van der Waals surface area contributed by atoms with Gasteiger partial charge in [-0.2, -0.15) is 5.10 Å². The fourth-order valence-corrected chi connectivity index (χ4v) is 2.18. The summed E-state index contributed by atoms with van der Waals surface area (Å²) in [6.07, 6.45) is 3.11. The summed E-state index contributed by atoms with van der Waals surface area (Å²) in [5.74, 6) is 0.508. The highest BCUT2D eigenvalue weighted by atomic mass is 15.3. The molecule has 0 aliphatic rings. The highest BCUT2D eigenvalue weighted by Crippen LogP contribution is 2.20. The standard InChI is InChI=1S/C16H19N3/c1-5-16-15(12(2)3)11-19(18-16)10-13-6-8-14(17-4)9-7-13/h6-9,11-12H,5,10H2,1-3H3. The second-order valence-corrected chi connectivity index (χ2v) is 5.02. The Hall–Kier alpha value is -2.08. The number of rotatable bonds is 4. The molecule has 0 atom stereocenters. The predicted octanol–water partition coefficient (Wildman–Crippen LogP) is 4.17. The summed E-state index contributed by atoms with van der Waals surface area (Å²) in [4.78, 5) is 3.40.